The van der Waals surface area contributed by atoms with Crippen LogP contribution in [0, 0.1) is 11.8 Å². The molecule has 1 fully saturated rings. The van der Waals surface area contributed by atoms with Gasteiger partial charge in [-0.1, -0.05) is 23.7 Å². The van der Waals surface area contributed by atoms with Gasteiger partial charge in [0.1, 0.15) is 0 Å². The fourth-order valence-corrected chi connectivity index (χ4v) is 5.43. The SMILES string of the molecule is CNC[C@@H](CC(=O)N1CCC[C@@H]([C@@](O)(CCCCOC)c2cccc(Cl)c2)C1)CC(C)(C)OC. The summed E-state index contributed by atoms with van der Waals surface area (Å²) in [7, 11) is 5.34. The zero-order chi connectivity index (χ0) is 25.2. The normalized spacial score (nSPS) is 19.6. The van der Waals surface area contributed by atoms with E-state index in [0.29, 0.717) is 31.0 Å². The zero-order valence-electron chi connectivity index (χ0n) is 21.7. The lowest BCUT2D eigenvalue weighted by molar-refractivity contribution is -0.138. The lowest BCUT2D eigenvalue weighted by Gasteiger charge is -2.43. The lowest BCUT2D eigenvalue weighted by Crippen LogP contribution is -2.48. The maximum Gasteiger partial charge on any atom is 0.222 e. The Balaban J connectivity index is 2.16. The van der Waals surface area contributed by atoms with Crippen LogP contribution in [-0.4, -0.2) is 69.0 Å². The van der Waals surface area contributed by atoms with Crippen molar-refractivity contribution >= 4 is 17.5 Å². The summed E-state index contributed by atoms with van der Waals surface area (Å²) in [6, 6.07) is 7.55. The van der Waals surface area contributed by atoms with Crippen molar-refractivity contribution in [2.75, 3.05) is 47.5 Å². The molecule has 0 aromatic heterocycles. The van der Waals surface area contributed by atoms with Crippen molar-refractivity contribution in [1.82, 2.24) is 10.2 Å². The highest BCUT2D eigenvalue weighted by molar-refractivity contribution is 6.30. The molecule has 2 N–H and O–H groups in total. The summed E-state index contributed by atoms with van der Waals surface area (Å²) in [5, 5.41) is 15.9. The molecular formula is C27H45ClN2O4. The number of aliphatic hydroxyl groups is 1. The second-order valence-corrected chi connectivity index (χ2v) is 10.8. The quantitative estimate of drug-likeness (QED) is 0.368. The van der Waals surface area contributed by atoms with E-state index in [1.807, 2.05) is 36.2 Å². The van der Waals surface area contributed by atoms with Crippen molar-refractivity contribution in [3.63, 3.8) is 0 Å². The van der Waals surface area contributed by atoms with Gasteiger partial charge in [0.2, 0.25) is 5.91 Å². The molecule has 1 aliphatic heterocycles. The Morgan fingerprint density at radius 1 is 1.32 bits per heavy atom. The molecule has 34 heavy (non-hydrogen) atoms. The van der Waals surface area contributed by atoms with Crippen LogP contribution < -0.4 is 5.32 Å². The van der Waals surface area contributed by atoms with Gasteiger partial charge in [0.25, 0.3) is 0 Å². The van der Waals surface area contributed by atoms with Crippen LogP contribution in [0.5, 0.6) is 0 Å². The number of carbonyl (C=O) groups excluding carboxylic acids is 1. The molecule has 0 saturated carbocycles. The Hall–Kier alpha value is -1.18. The van der Waals surface area contributed by atoms with Crippen molar-refractivity contribution in [3.8, 4) is 0 Å². The molecule has 1 aliphatic rings. The van der Waals surface area contributed by atoms with Crippen LogP contribution in [0.3, 0.4) is 0 Å². The van der Waals surface area contributed by atoms with Crippen LogP contribution in [0.1, 0.15) is 64.4 Å². The standard InChI is InChI=1S/C27H45ClN2O4/c1-26(2,34-5)18-21(19-29-3)16-25(31)30-14-9-11-23(20-30)27(32,13-6-7-15-33-4)22-10-8-12-24(28)17-22/h8,10,12,17,21,23,29,32H,6-7,9,11,13-16,18-20H2,1-5H3/t21-,23+,27+/m0/s1. The third-order valence-electron chi connectivity index (χ3n) is 7.22. The minimum Gasteiger partial charge on any atom is -0.385 e. The van der Waals surface area contributed by atoms with E-state index in [4.69, 9.17) is 21.1 Å². The Morgan fingerprint density at radius 3 is 2.74 bits per heavy atom. The molecule has 1 aromatic carbocycles. The molecule has 1 aromatic rings. The number of halogens is 1. The number of likely N-dealkylation sites (tertiary alicyclic amines) is 1. The molecule has 194 valence electrons. The van der Waals surface area contributed by atoms with E-state index in [0.717, 1.165) is 50.8 Å². The highest BCUT2D eigenvalue weighted by Gasteiger charge is 2.41. The van der Waals surface area contributed by atoms with E-state index in [1.54, 1.807) is 14.2 Å². The first-order valence-electron chi connectivity index (χ1n) is 12.6. The first-order chi connectivity index (χ1) is 16.1. The summed E-state index contributed by atoms with van der Waals surface area (Å²) in [5.74, 6) is 0.308. The van der Waals surface area contributed by atoms with E-state index in [1.165, 1.54) is 0 Å². The predicted octanol–water partition coefficient (Wildman–Crippen LogP) is 4.62. The summed E-state index contributed by atoms with van der Waals surface area (Å²) in [6.07, 6.45) is 5.40. The molecule has 6 nitrogen and oxygen atoms in total. The molecule has 0 radical (unpaired) electrons. The number of hydrogen-bond acceptors (Lipinski definition) is 5. The van der Waals surface area contributed by atoms with Crippen LogP contribution in [0.25, 0.3) is 0 Å². The largest absolute Gasteiger partial charge is 0.385 e. The molecule has 0 unspecified atom stereocenters. The molecule has 1 heterocycles. The molecule has 3 atom stereocenters. The van der Waals surface area contributed by atoms with Gasteiger partial charge in [0.15, 0.2) is 0 Å². The maximum atomic E-state index is 13.4. The number of benzene rings is 1. The summed E-state index contributed by atoms with van der Waals surface area (Å²) >= 11 is 6.29. The number of piperidine rings is 1. The number of ether oxygens (including phenoxy) is 2. The van der Waals surface area contributed by atoms with Gasteiger partial charge in [0.05, 0.1) is 11.2 Å². The van der Waals surface area contributed by atoms with Gasteiger partial charge >= 0.3 is 0 Å². The van der Waals surface area contributed by atoms with E-state index < -0.39 is 5.60 Å². The third-order valence-corrected chi connectivity index (χ3v) is 7.45. The number of carbonyl (C=O) groups is 1. The van der Waals surface area contributed by atoms with Crippen molar-refractivity contribution in [3.05, 3.63) is 34.9 Å². The number of nitrogens with one attached hydrogen (secondary N) is 1. The van der Waals surface area contributed by atoms with Crippen LogP contribution >= 0.6 is 11.6 Å². The molecule has 7 heteroatoms. The van der Waals surface area contributed by atoms with Crippen LogP contribution in [0.15, 0.2) is 24.3 Å². The maximum absolute atomic E-state index is 13.4. The number of methoxy groups -OCH3 is 2. The number of hydrogen-bond donors (Lipinski definition) is 2. The smallest absolute Gasteiger partial charge is 0.222 e. The Bertz CT molecular complexity index is 760. The number of unbranched alkanes of at least 4 members (excludes halogenated alkanes) is 1. The molecule has 1 amide bonds. The van der Waals surface area contributed by atoms with Crippen LogP contribution in [0.4, 0.5) is 0 Å². The highest BCUT2D eigenvalue weighted by Crippen LogP contribution is 2.40. The van der Waals surface area contributed by atoms with Crippen LogP contribution in [-0.2, 0) is 19.9 Å². The van der Waals surface area contributed by atoms with E-state index in [9.17, 15) is 9.90 Å². The first kappa shape index (κ1) is 29.1. The minimum absolute atomic E-state index is 0.0376. The molecule has 1 saturated heterocycles. The molecule has 0 spiro atoms. The molecule has 0 bridgehead atoms. The van der Waals surface area contributed by atoms with E-state index in [2.05, 4.69) is 19.2 Å². The van der Waals surface area contributed by atoms with Gasteiger partial charge in [-0.2, -0.15) is 0 Å². The summed E-state index contributed by atoms with van der Waals surface area (Å²) < 4.78 is 10.8. The van der Waals surface area contributed by atoms with Crippen LogP contribution in [0.2, 0.25) is 5.02 Å². The van der Waals surface area contributed by atoms with Gasteiger partial charge in [-0.3, -0.25) is 4.79 Å². The second kappa shape index (κ2) is 13.8. The number of rotatable bonds is 14. The molecule has 2 rings (SSSR count). The average Bonchev–Trinajstić information content (AvgIpc) is 2.81. The van der Waals surface area contributed by atoms with Gasteiger partial charge < -0.3 is 24.8 Å². The second-order valence-electron chi connectivity index (χ2n) is 10.4. The summed E-state index contributed by atoms with van der Waals surface area (Å²) in [4.78, 5) is 15.3. The van der Waals surface area contributed by atoms with Gasteiger partial charge in [0, 0.05) is 51.3 Å². The predicted molar refractivity (Wildman–Crippen MR) is 138 cm³/mol. The fourth-order valence-electron chi connectivity index (χ4n) is 5.24. The van der Waals surface area contributed by atoms with E-state index >= 15 is 0 Å². The Labute approximate surface area is 211 Å². The highest BCUT2D eigenvalue weighted by atomic mass is 35.5. The van der Waals surface area contributed by atoms with Crippen molar-refractivity contribution in [1.29, 1.82) is 0 Å². The monoisotopic (exact) mass is 496 g/mol. The summed E-state index contributed by atoms with van der Waals surface area (Å²) in [5.41, 5.74) is -0.465. The first-order valence-corrected chi connectivity index (χ1v) is 13.0. The van der Waals surface area contributed by atoms with Crippen molar-refractivity contribution < 1.29 is 19.4 Å². The van der Waals surface area contributed by atoms with Crippen molar-refractivity contribution in [2.24, 2.45) is 11.8 Å². The third kappa shape index (κ3) is 8.49. The average molecular weight is 497 g/mol. The zero-order valence-corrected chi connectivity index (χ0v) is 22.5. The van der Waals surface area contributed by atoms with E-state index in [-0.39, 0.29) is 23.3 Å². The Kier molecular flexibility index (Phi) is 11.8. The van der Waals surface area contributed by atoms with Gasteiger partial charge in [-0.15, -0.1) is 0 Å². The Morgan fingerprint density at radius 2 is 2.09 bits per heavy atom. The van der Waals surface area contributed by atoms with Crippen molar-refractivity contribution in [2.45, 2.75) is 70.0 Å². The topological polar surface area (TPSA) is 71.0 Å². The summed E-state index contributed by atoms with van der Waals surface area (Å²) in [6.45, 7) is 6.86. The molecule has 0 aliphatic carbocycles. The minimum atomic E-state index is -1.03. The number of nitrogens with zero attached hydrogens (tertiary/aromatic N) is 1. The number of amides is 1. The van der Waals surface area contributed by atoms with Gasteiger partial charge in [-0.05, 0) is 89.6 Å². The molecular weight excluding hydrogens is 452 g/mol. The van der Waals surface area contributed by atoms with Gasteiger partial charge in [-0.25, -0.2) is 0 Å². The fraction of sp³-hybridized carbons (Fsp3) is 0.741. The lowest BCUT2D eigenvalue weighted by atomic mass is 9.74.